The van der Waals surface area contributed by atoms with Crippen LogP contribution < -0.4 is 10.0 Å². The van der Waals surface area contributed by atoms with Crippen molar-refractivity contribution in [1.29, 1.82) is 0 Å². The Morgan fingerprint density at radius 2 is 1.89 bits per heavy atom. The van der Waals surface area contributed by atoms with Crippen molar-refractivity contribution in [2.45, 2.75) is 30.4 Å². The van der Waals surface area contributed by atoms with Gasteiger partial charge in [-0.05, 0) is 36.9 Å². The van der Waals surface area contributed by atoms with Crippen molar-refractivity contribution in [3.63, 3.8) is 0 Å². The molecule has 1 aromatic carbocycles. The zero-order valence-corrected chi connectivity index (χ0v) is 13.3. The summed E-state index contributed by atoms with van der Waals surface area (Å²) < 4.78 is 26.0. The highest BCUT2D eigenvalue weighted by molar-refractivity contribution is 7.99. The molecule has 0 heterocycles. The molecule has 1 aromatic rings. The van der Waals surface area contributed by atoms with Crippen molar-refractivity contribution in [1.82, 2.24) is 4.72 Å². The van der Waals surface area contributed by atoms with Gasteiger partial charge < -0.3 is 5.32 Å². The van der Waals surface area contributed by atoms with Crippen LogP contribution in [0.4, 0.5) is 5.69 Å². The standard InChI is InChI=1S/C13H22N2O2S2/c1-4-15-19(16,17)13-7-5-12(6-8-13)14-10-9-11(2)18-3/h5-8,11,14-15H,4,9-10H2,1-3H3. The normalized spacial score (nSPS) is 13.2. The number of sulfonamides is 1. The van der Waals surface area contributed by atoms with Crippen LogP contribution in [0.3, 0.4) is 0 Å². The zero-order chi connectivity index (χ0) is 14.3. The number of rotatable bonds is 8. The van der Waals surface area contributed by atoms with Crippen molar-refractivity contribution in [2.75, 3.05) is 24.7 Å². The summed E-state index contributed by atoms with van der Waals surface area (Å²) in [7, 11) is -3.35. The van der Waals surface area contributed by atoms with Gasteiger partial charge in [0, 0.05) is 24.0 Å². The lowest BCUT2D eigenvalue weighted by Crippen LogP contribution is -2.23. The van der Waals surface area contributed by atoms with Gasteiger partial charge in [-0.2, -0.15) is 11.8 Å². The Labute approximate surface area is 120 Å². The van der Waals surface area contributed by atoms with Gasteiger partial charge in [0.25, 0.3) is 0 Å². The van der Waals surface area contributed by atoms with Gasteiger partial charge in [-0.25, -0.2) is 13.1 Å². The Bertz CT molecular complexity index is 472. The SMILES string of the molecule is CCNS(=O)(=O)c1ccc(NCCC(C)SC)cc1. The molecular formula is C13H22N2O2S2. The van der Waals surface area contributed by atoms with Crippen LogP contribution in [0.2, 0.25) is 0 Å². The fourth-order valence-corrected chi connectivity index (χ4v) is 2.96. The van der Waals surface area contributed by atoms with Gasteiger partial charge >= 0.3 is 0 Å². The maximum atomic E-state index is 11.8. The lowest BCUT2D eigenvalue weighted by atomic mass is 10.3. The molecule has 1 atom stereocenters. The molecule has 6 heteroatoms. The lowest BCUT2D eigenvalue weighted by molar-refractivity contribution is 0.584. The second-order valence-electron chi connectivity index (χ2n) is 4.29. The van der Waals surface area contributed by atoms with E-state index in [4.69, 9.17) is 0 Å². The van der Waals surface area contributed by atoms with Crippen molar-refractivity contribution < 1.29 is 8.42 Å². The third-order valence-corrected chi connectivity index (χ3v) is 5.38. The predicted octanol–water partition coefficient (Wildman–Crippen LogP) is 2.54. The third-order valence-electron chi connectivity index (χ3n) is 2.78. The third kappa shape index (κ3) is 5.42. The predicted molar refractivity (Wildman–Crippen MR) is 83.4 cm³/mol. The van der Waals surface area contributed by atoms with Crippen LogP contribution in [0, 0.1) is 0 Å². The summed E-state index contributed by atoms with van der Waals surface area (Å²) in [6, 6.07) is 6.85. The number of anilines is 1. The van der Waals surface area contributed by atoms with Crippen molar-refractivity contribution >= 4 is 27.5 Å². The quantitative estimate of drug-likeness (QED) is 0.775. The summed E-state index contributed by atoms with van der Waals surface area (Å²) in [5, 5.41) is 3.92. The van der Waals surface area contributed by atoms with Crippen LogP contribution in [-0.4, -0.2) is 33.0 Å². The van der Waals surface area contributed by atoms with Gasteiger partial charge in [-0.15, -0.1) is 0 Å². The molecule has 0 bridgehead atoms. The second kappa shape index (κ2) is 7.77. The monoisotopic (exact) mass is 302 g/mol. The summed E-state index contributed by atoms with van der Waals surface area (Å²) in [6.45, 7) is 5.25. The highest BCUT2D eigenvalue weighted by Gasteiger charge is 2.11. The number of nitrogens with one attached hydrogen (secondary N) is 2. The van der Waals surface area contributed by atoms with E-state index in [-0.39, 0.29) is 0 Å². The van der Waals surface area contributed by atoms with Gasteiger partial charge in [-0.1, -0.05) is 13.8 Å². The molecular weight excluding hydrogens is 280 g/mol. The molecule has 0 aliphatic heterocycles. The van der Waals surface area contributed by atoms with E-state index in [0.717, 1.165) is 18.7 Å². The molecule has 0 aliphatic carbocycles. The molecule has 108 valence electrons. The van der Waals surface area contributed by atoms with Crippen molar-refractivity contribution in [2.24, 2.45) is 0 Å². The van der Waals surface area contributed by atoms with E-state index >= 15 is 0 Å². The molecule has 0 fully saturated rings. The highest BCUT2D eigenvalue weighted by Crippen LogP contribution is 2.15. The van der Waals surface area contributed by atoms with E-state index in [9.17, 15) is 8.42 Å². The minimum absolute atomic E-state index is 0.303. The Hall–Kier alpha value is -0.720. The minimum Gasteiger partial charge on any atom is -0.385 e. The minimum atomic E-state index is -3.35. The molecule has 0 saturated heterocycles. The summed E-state index contributed by atoms with van der Waals surface area (Å²) in [5.41, 5.74) is 0.948. The van der Waals surface area contributed by atoms with Gasteiger partial charge in [-0.3, -0.25) is 0 Å². The van der Waals surface area contributed by atoms with E-state index in [1.54, 1.807) is 31.2 Å². The van der Waals surface area contributed by atoms with Gasteiger partial charge in [0.05, 0.1) is 4.90 Å². The number of hydrogen-bond donors (Lipinski definition) is 2. The topological polar surface area (TPSA) is 58.2 Å². The Morgan fingerprint density at radius 3 is 2.42 bits per heavy atom. The Kier molecular flexibility index (Phi) is 6.68. The largest absolute Gasteiger partial charge is 0.385 e. The summed E-state index contributed by atoms with van der Waals surface area (Å²) >= 11 is 1.84. The first-order valence-electron chi connectivity index (χ1n) is 6.36. The first-order valence-corrected chi connectivity index (χ1v) is 9.13. The van der Waals surface area contributed by atoms with E-state index in [0.29, 0.717) is 16.7 Å². The Morgan fingerprint density at radius 1 is 1.26 bits per heavy atom. The number of benzene rings is 1. The van der Waals surface area contributed by atoms with Crippen LogP contribution in [-0.2, 0) is 10.0 Å². The van der Waals surface area contributed by atoms with E-state index in [1.165, 1.54) is 0 Å². The maximum Gasteiger partial charge on any atom is 0.240 e. The smallest absolute Gasteiger partial charge is 0.240 e. The summed E-state index contributed by atoms with van der Waals surface area (Å²) in [4.78, 5) is 0.303. The van der Waals surface area contributed by atoms with Crippen LogP contribution in [0.1, 0.15) is 20.3 Å². The van der Waals surface area contributed by atoms with Crippen LogP contribution in [0.25, 0.3) is 0 Å². The fraction of sp³-hybridized carbons (Fsp3) is 0.538. The summed E-state index contributed by atoms with van der Waals surface area (Å²) in [5.74, 6) is 0. The molecule has 0 aromatic heterocycles. The first kappa shape index (κ1) is 16.3. The molecule has 0 radical (unpaired) electrons. The van der Waals surface area contributed by atoms with Gasteiger partial charge in [0.2, 0.25) is 10.0 Å². The molecule has 19 heavy (non-hydrogen) atoms. The van der Waals surface area contributed by atoms with E-state index < -0.39 is 10.0 Å². The van der Waals surface area contributed by atoms with Crippen molar-refractivity contribution in [3.05, 3.63) is 24.3 Å². The summed E-state index contributed by atoms with van der Waals surface area (Å²) in [6.07, 6.45) is 3.18. The molecule has 0 spiro atoms. The molecule has 0 saturated carbocycles. The molecule has 1 rings (SSSR count). The molecule has 4 nitrogen and oxygen atoms in total. The average Bonchev–Trinajstić information content (AvgIpc) is 2.39. The highest BCUT2D eigenvalue weighted by atomic mass is 32.2. The molecule has 0 amide bonds. The average molecular weight is 302 g/mol. The molecule has 0 aliphatic rings. The van der Waals surface area contributed by atoms with E-state index in [1.807, 2.05) is 11.8 Å². The maximum absolute atomic E-state index is 11.8. The van der Waals surface area contributed by atoms with E-state index in [2.05, 4.69) is 23.2 Å². The Balaban J connectivity index is 2.57. The molecule has 1 unspecified atom stereocenters. The lowest BCUT2D eigenvalue weighted by Gasteiger charge is -2.11. The van der Waals surface area contributed by atoms with Crippen LogP contribution in [0.15, 0.2) is 29.2 Å². The van der Waals surface area contributed by atoms with Crippen LogP contribution in [0.5, 0.6) is 0 Å². The van der Waals surface area contributed by atoms with Crippen LogP contribution >= 0.6 is 11.8 Å². The zero-order valence-electron chi connectivity index (χ0n) is 11.6. The number of hydrogen-bond acceptors (Lipinski definition) is 4. The second-order valence-corrected chi connectivity index (χ2v) is 7.33. The first-order chi connectivity index (χ1) is 8.99. The van der Waals surface area contributed by atoms with Gasteiger partial charge in [0.1, 0.15) is 0 Å². The number of thioether (sulfide) groups is 1. The fourth-order valence-electron chi connectivity index (χ4n) is 1.56. The van der Waals surface area contributed by atoms with Crippen molar-refractivity contribution in [3.8, 4) is 0 Å². The van der Waals surface area contributed by atoms with Gasteiger partial charge in [0.15, 0.2) is 0 Å². The molecule has 2 N–H and O–H groups in total.